The van der Waals surface area contributed by atoms with Crippen LogP contribution in [0.1, 0.15) is 6.92 Å². The van der Waals surface area contributed by atoms with E-state index in [0.29, 0.717) is 0 Å². The van der Waals surface area contributed by atoms with Crippen LogP contribution in [0.3, 0.4) is 0 Å². The van der Waals surface area contributed by atoms with Gasteiger partial charge < -0.3 is 16.4 Å². The van der Waals surface area contributed by atoms with Gasteiger partial charge in [0, 0.05) is 21.0 Å². The molecule has 0 aliphatic heterocycles. The van der Waals surface area contributed by atoms with Gasteiger partial charge in [0.05, 0.1) is 0 Å². The molecule has 0 radical (unpaired) electrons. The van der Waals surface area contributed by atoms with Crippen LogP contribution < -0.4 is 16.8 Å². The number of hydrogen-bond donors (Lipinski definition) is 4. The minimum Gasteiger partial charge on any atom is -0.369 e. The molecular formula is C7H15N7O. The fraction of sp³-hybridized carbons (Fsp3) is 0.429. The van der Waals surface area contributed by atoms with Crippen molar-refractivity contribution in [3.63, 3.8) is 0 Å². The molecule has 15 heavy (non-hydrogen) atoms. The Hall–Kier alpha value is -2.12. The summed E-state index contributed by atoms with van der Waals surface area (Å²) >= 11 is 0. The van der Waals surface area contributed by atoms with E-state index >= 15 is 0 Å². The average Bonchev–Trinajstić information content (AvgIpc) is 2.00. The summed E-state index contributed by atoms with van der Waals surface area (Å²) in [5.41, 5.74) is 10.8. The van der Waals surface area contributed by atoms with Crippen LogP contribution in [0.15, 0.2) is 9.98 Å². The molecule has 0 saturated carbocycles. The van der Waals surface area contributed by atoms with Gasteiger partial charge in [0.25, 0.3) is 0 Å². The number of nitrogens with one attached hydrogen (secondary N) is 2. The Labute approximate surface area is 87.6 Å². The Bertz CT molecular complexity index is 317. The van der Waals surface area contributed by atoms with Crippen LogP contribution in [0.4, 0.5) is 0 Å². The second-order valence-electron chi connectivity index (χ2n) is 2.86. The van der Waals surface area contributed by atoms with Crippen LogP contribution in [0.25, 0.3) is 0 Å². The molecule has 84 valence electrons. The van der Waals surface area contributed by atoms with Gasteiger partial charge in [0.15, 0.2) is 5.96 Å². The van der Waals surface area contributed by atoms with Crippen molar-refractivity contribution in [3.05, 3.63) is 0 Å². The number of carbonyl (C=O) groups excluding carboxylic acids is 1. The Balaban J connectivity index is 4.51. The van der Waals surface area contributed by atoms with Crippen molar-refractivity contribution < 1.29 is 4.79 Å². The van der Waals surface area contributed by atoms with E-state index in [9.17, 15) is 4.79 Å². The summed E-state index contributed by atoms with van der Waals surface area (Å²) < 4.78 is 0. The molecule has 0 aromatic rings. The molecule has 0 heterocycles. The molecule has 0 rings (SSSR count). The van der Waals surface area contributed by atoms with Gasteiger partial charge in [-0.15, -0.1) is 0 Å². The number of rotatable bonds is 0. The Morgan fingerprint density at radius 1 is 1.33 bits per heavy atom. The molecule has 0 spiro atoms. The molecule has 0 saturated heterocycles. The molecule has 0 aromatic heterocycles. The predicted octanol–water partition coefficient (Wildman–Crippen LogP) is -1.75. The SMILES string of the molecule is CC(=O)NC(=N)/N=C(N)/N=C(\N)N(C)C. The maximum atomic E-state index is 10.5. The van der Waals surface area contributed by atoms with Gasteiger partial charge in [0.1, 0.15) is 0 Å². The van der Waals surface area contributed by atoms with Crippen LogP contribution in [0, 0.1) is 5.41 Å². The first-order chi connectivity index (χ1) is 6.82. The van der Waals surface area contributed by atoms with E-state index in [-0.39, 0.29) is 17.9 Å². The van der Waals surface area contributed by atoms with Gasteiger partial charge >= 0.3 is 0 Å². The summed E-state index contributed by atoms with van der Waals surface area (Å²) in [6.45, 7) is 1.26. The van der Waals surface area contributed by atoms with Crippen molar-refractivity contribution >= 4 is 23.8 Å². The second-order valence-corrected chi connectivity index (χ2v) is 2.86. The number of aliphatic imine (C=N–C) groups is 2. The minimum atomic E-state index is -0.402. The highest BCUT2D eigenvalue weighted by molar-refractivity contribution is 6.03. The van der Waals surface area contributed by atoms with E-state index < -0.39 is 5.91 Å². The predicted molar refractivity (Wildman–Crippen MR) is 58.5 cm³/mol. The number of amides is 1. The summed E-state index contributed by atoms with van der Waals surface area (Å²) in [5, 5.41) is 9.31. The summed E-state index contributed by atoms with van der Waals surface area (Å²) in [6, 6.07) is 0. The lowest BCUT2D eigenvalue weighted by Gasteiger charge is -2.09. The van der Waals surface area contributed by atoms with Crippen molar-refractivity contribution in [1.29, 1.82) is 5.41 Å². The zero-order valence-electron chi connectivity index (χ0n) is 8.90. The lowest BCUT2D eigenvalue weighted by atomic mass is 10.7. The van der Waals surface area contributed by atoms with E-state index in [1.807, 2.05) is 0 Å². The van der Waals surface area contributed by atoms with Gasteiger partial charge in [-0.1, -0.05) is 0 Å². The fourth-order valence-corrected chi connectivity index (χ4v) is 0.552. The molecule has 0 aliphatic carbocycles. The molecule has 8 nitrogen and oxygen atoms in total. The molecule has 8 heteroatoms. The number of hydrogen-bond acceptors (Lipinski definition) is 2. The Morgan fingerprint density at radius 2 is 1.87 bits per heavy atom. The van der Waals surface area contributed by atoms with Gasteiger partial charge in [-0.3, -0.25) is 15.5 Å². The average molecular weight is 213 g/mol. The zero-order chi connectivity index (χ0) is 12.0. The smallest absolute Gasteiger partial charge is 0.226 e. The highest BCUT2D eigenvalue weighted by atomic mass is 16.1. The normalized spacial score (nSPS) is 12.2. The molecule has 0 bridgehead atoms. The number of nitrogens with two attached hydrogens (primary N) is 2. The molecule has 1 amide bonds. The van der Waals surface area contributed by atoms with Crippen molar-refractivity contribution in [2.75, 3.05) is 14.1 Å². The number of nitrogens with zero attached hydrogens (tertiary/aromatic N) is 3. The van der Waals surface area contributed by atoms with Gasteiger partial charge in [0.2, 0.25) is 17.8 Å². The molecule has 0 aliphatic rings. The molecule has 6 N–H and O–H groups in total. The van der Waals surface area contributed by atoms with Crippen molar-refractivity contribution in [2.45, 2.75) is 6.92 Å². The zero-order valence-corrected chi connectivity index (χ0v) is 8.90. The van der Waals surface area contributed by atoms with Crippen LogP contribution in [-0.4, -0.2) is 42.8 Å². The standard InChI is InChI=1S/C7H15N7O/c1-4(15)11-5(8)12-6(9)13-7(10)14(2)3/h1-3H3,(H6,8,9,10,11,12,13,15). The highest BCUT2D eigenvalue weighted by Crippen LogP contribution is 1.79. The van der Waals surface area contributed by atoms with Gasteiger partial charge in [-0.25, -0.2) is 0 Å². The minimum absolute atomic E-state index is 0.159. The molecular weight excluding hydrogens is 198 g/mol. The lowest BCUT2D eigenvalue weighted by molar-refractivity contribution is -0.117. The lowest BCUT2D eigenvalue weighted by Crippen LogP contribution is -2.33. The monoisotopic (exact) mass is 213 g/mol. The first kappa shape index (κ1) is 12.9. The van der Waals surface area contributed by atoms with Gasteiger partial charge in [-0.05, 0) is 0 Å². The summed E-state index contributed by atoms with van der Waals surface area (Å²) in [4.78, 5) is 19.2. The van der Waals surface area contributed by atoms with E-state index in [1.165, 1.54) is 11.8 Å². The molecule has 0 unspecified atom stereocenters. The quantitative estimate of drug-likeness (QED) is 0.280. The van der Waals surface area contributed by atoms with E-state index in [1.54, 1.807) is 14.1 Å². The molecule has 0 fully saturated rings. The van der Waals surface area contributed by atoms with Crippen LogP contribution >= 0.6 is 0 Å². The highest BCUT2D eigenvalue weighted by Gasteiger charge is 1.99. The number of guanidine groups is 3. The fourth-order valence-electron chi connectivity index (χ4n) is 0.552. The first-order valence-corrected chi connectivity index (χ1v) is 4.04. The maximum Gasteiger partial charge on any atom is 0.226 e. The van der Waals surface area contributed by atoms with E-state index in [2.05, 4.69) is 15.3 Å². The van der Waals surface area contributed by atoms with Crippen molar-refractivity contribution in [1.82, 2.24) is 10.2 Å². The number of carbonyl (C=O) groups is 1. The third kappa shape index (κ3) is 6.02. The van der Waals surface area contributed by atoms with Crippen LogP contribution in [0.5, 0.6) is 0 Å². The Kier molecular flexibility index (Phi) is 4.79. The topological polar surface area (TPSA) is 133 Å². The first-order valence-electron chi connectivity index (χ1n) is 4.04. The molecule has 0 aromatic carbocycles. The third-order valence-electron chi connectivity index (χ3n) is 1.21. The van der Waals surface area contributed by atoms with Crippen LogP contribution in [0.2, 0.25) is 0 Å². The second kappa shape index (κ2) is 5.58. The van der Waals surface area contributed by atoms with Crippen molar-refractivity contribution in [2.24, 2.45) is 21.5 Å². The van der Waals surface area contributed by atoms with Crippen LogP contribution in [-0.2, 0) is 4.79 Å². The van der Waals surface area contributed by atoms with E-state index in [4.69, 9.17) is 16.9 Å². The summed E-state index contributed by atoms with van der Waals surface area (Å²) in [5.74, 6) is -0.816. The summed E-state index contributed by atoms with van der Waals surface area (Å²) in [7, 11) is 3.37. The van der Waals surface area contributed by atoms with E-state index in [0.717, 1.165) is 0 Å². The third-order valence-corrected chi connectivity index (χ3v) is 1.21. The van der Waals surface area contributed by atoms with Crippen molar-refractivity contribution in [3.8, 4) is 0 Å². The Morgan fingerprint density at radius 3 is 2.27 bits per heavy atom. The molecule has 0 atom stereocenters. The summed E-state index contributed by atoms with van der Waals surface area (Å²) in [6.07, 6.45) is 0. The largest absolute Gasteiger partial charge is 0.369 e. The van der Waals surface area contributed by atoms with Gasteiger partial charge in [-0.2, -0.15) is 9.98 Å². The maximum absolute atomic E-state index is 10.5.